The van der Waals surface area contributed by atoms with Gasteiger partial charge in [-0.2, -0.15) is 11.8 Å². The molecule has 1 aromatic carbocycles. The maximum atomic E-state index is 13.5. The fourth-order valence-electron chi connectivity index (χ4n) is 4.10. The van der Waals surface area contributed by atoms with E-state index in [0.29, 0.717) is 34.1 Å². The van der Waals surface area contributed by atoms with E-state index < -0.39 is 56.5 Å². The molecule has 2 amide bonds. The molecule has 2 rings (SSSR count). The molecule has 0 saturated heterocycles. The highest BCUT2D eigenvalue weighted by molar-refractivity contribution is 7.98. The number of amides is 2. The van der Waals surface area contributed by atoms with Gasteiger partial charge in [0.25, 0.3) is 8.32 Å². The van der Waals surface area contributed by atoms with Crippen molar-refractivity contribution in [1.29, 1.82) is 0 Å². The molecule has 10 nitrogen and oxygen atoms in total. The number of carbonyl (C=O) groups is 4. The Labute approximate surface area is 249 Å². The number of hydrogen-bond acceptors (Lipinski definition) is 9. The Bertz CT molecular complexity index is 1150. The van der Waals surface area contributed by atoms with Crippen molar-refractivity contribution in [3.63, 3.8) is 0 Å². The van der Waals surface area contributed by atoms with E-state index >= 15 is 0 Å². The number of esters is 2. The molecule has 41 heavy (non-hydrogen) atoms. The number of benzene rings is 1. The lowest BCUT2D eigenvalue weighted by molar-refractivity contribution is -0.144. The van der Waals surface area contributed by atoms with Crippen molar-refractivity contribution in [2.24, 2.45) is 5.92 Å². The van der Waals surface area contributed by atoms with E-state index in [1.54, 1.807) is 27.7 Å². The van der Waals surface area contributed by atoms with Crippen LogP contribution in [0.3, 0.4) is 0 Å². The number of cyclic esters (lactones) is 1. The number of nitrogens with one attached hydrogen (secondary N) is 2. The fourth-order valence-corrected chi connectivity index (χ4v) is 7.55. The lowest BCUT2D eigenvalue weighted by atomic mass is 9.99. The van der Waals surface area contributed by atoms with Crippen LogP contribution in [0.4, 0.5) is 4.79 Å². The number of thioether (sulfide) groups is 1. The van der Waals surface area contributed by atoms with Crippen LogP contribution < -0.4 is 15.1 Å². The fraction of sp³-hybridized carbons (Fsp3) is 0.655. The number of ether oxygens (including phenoxy) is 3. The molecule has 230 valence electrons. The third-order valence-electron chi connectivity index (χ3n) is 7.76. The van der Waals surface area contributed by atoms with Crippen LogP contribution in [-0.2, 0) is 29.6 Å². The molecule has 0 spiro atoms. The summed E-state index contributed by atoms with van der Waals surface area (Å²) in [6.07, 6.45) is -0.864. The molecule has 2 atom stereocenters. The first-order chi connectivity index (χ1) is 18.8. The molecular weight excluding hydrogens is 564 g/mol. The third kappa shape index (κ3) is 8.88. The number of aryl methyl sites for hydroxylation is 1. The zero-order valence-corrected chi connectivity index (χ0v) is 28.0. The van der Waals surface area contributed by atoms with E-state index in [9.17, 15) is 19.2 Å². The number of rotatable bonds is 6. The van der Waals surface area contributed by atoms with Gasteiger partial charge in [0.15, 0.2) is 0 Å². The number of methoxy groups -OCH3 is 1. The van der Waals surface area contributed by atoms with Gasteiger partial charge in [0.2, 0.25) is 5.91 Å². The van der Waals surface area contributed by atoms with Gasteiger partial charge >= 0.3 is 18.0 Å². The molecule has 0 saturated carbocycles. The van der Waals surface area contributed by atoms with Gasteiger partial charge in [-0.05, 0) is 63.4 Å². The third-order valence-corrected chi connectivity index (χ3v) is 13.2. The van der Waals surface area contributed by atoms with Crippen LogP contribution in [0, 0.1) is 12.8 Å². The maximum absolute atomic E-state index is 13.5. The summed E-state index contributed by atoms with van der Waals surface area (Å²) in [5.74, 6) is -0.524. The SMILES string of the molecule is COC(=O)[C@@H]1CSCc2c(O[Si](C)(C)C(C)(C)C(C)C)ccc(C)c2C(=O)OC[C@H](NC(=O)OC(C)(C)C)C(=O)N1. The van der Waals surface area contributed by atoms with Crippen LogP contribution in [0.2, 0.25) is 18.1 Å². The summed E-state index contributed by atoms with van der Waals surface area (Å²) in [6, 6.07) is 1.38. The molecule has 12 heteroatoms. The highest BCUT2D eigenvalue weighted by atomic mass is 32.2. The molecule has 1 heterocycles. The van der Waals surface area contributed by atoms with Gasteiger partial charge < -0.3 is 29.3 Å². The Morgan fingerprint density at radius 1 is 1.15 bits per heavy atom. The Morgan fingerprint density at radius 2 is 1.78 bits per heavy atom. The number of hydrogen-bond donors (Lipinski definition) is 2. The van der Waals surface area contributed by atoms with Crippen molar-refractivity contribution in [2.75, 3.05) is 19.5 Å². The molecule has 2 N–H and O–H groups in total. The number of fused-ring (bicyclic) bond motifs is 1. The minimum absolute atomic E-state index is 0.0787. The minimum Gasteiger partial charge on any atom is -0.543 e. The van der Waals surface area contributed by atoms with Crippen LogP contribution in [0.5, 0.6) is 5.75 Å². The Balaban J connectivity index is 2.54. The lowest BCUT2D eigenvalue weighted by Crippen LogP contribution is -2.55. The van der Waals surface area contributed by atoms with E-state index in [1.807, 2.05) is 12.1 Å². The standard InChI is InChI=1S/C29H46N2O8SSi/c1-17(2)29(7,8)41(10,11)39-22-13-12-18(3)23-19(22)15-40-16-21(25(33)36-9)30-24(32)20(14-37-26(23)34)31-27(35)38-28(4,5)6/h12-13,17,20-21H,14-16H2,1-11H3,(H,30,32)(H,31,35)/t20-,21-/m0/s1. The maximum Gasteiger partial charge on any atom is 0.408 e. The lowest BCUT2D eigenvalue weighted by Gasteiger charge is -2.43. The molecule has 0 fully saturated rings. The van der Waals surface area contributed by atoms with Crippen LogP contribution in [-0.4, -0.2) is 69.4 Å². The zero-order valence-electron chi connectivity index (χ0n) is 26.2. The van der Waals surface area contributed by atoms with Crippen molar-refractivity contribution in [1.82, 2.24) is 10.6 Å². The van der Waals surface area contributed by atoms with E-state index in [2.05, 4.69) is 51.4 Å². The van der Waals surface area contributed by atoms with Crippen molar-refractivity contribution >= 4 is 44.0 Å². The van der Waals surface area contributed by atoms with Gasteiger partial charge in [0.05, 0.1) is 12.7 Å². The van der Waals surface area contributed by atoms with Crippen LogP contribution in [0.15, 0.2) is 12.1 Å². The molecule has 1 aliphatic rings. The van der Waals surface area contributed by atoms with Gasteiger partial charge in [0.1, 0.15) is 30.0 Å². The first-order valence-corrected chi connectivity index (χ1v) is 17.8. The van der Waals surface area contributed by atoms with E-state index in [0.717, 1.165) is 0 Å². The normalized spacial score (nSPS) is 19.1. The second-order valence-electron chi connectivity index (χ2n) is 12.6. The Kier molecular flexibility index (Phi) is 11.3. The average Bonchev–Trinajstić information content (AvgIpc) is 2.84. The van der Waals surface area contributed by atoms with E-state index in [1.165, 1.54) is 18.9 Å². The average molecular weight is 611 g/mol. The minimum atomic E-state index is -2.35. The molecule has 0 radical (unpaired) electrons. The highest BCUT2D eigenvalue weighted by Crippen LogP contribution is 2.46. The van der Waals surface area contributed by atoms with Gasteiger partial charge in [0, 0.05) is 17.1 Å². The van der Waals surface area contributed by atoms with Gasteiger partial charge in [-0.15, -0.1) is 0 Å². The molecule has 0 unspecified atom stereocenters. The summed E-state index contributed by atoms with van der Waals surface area (Å²) >= 11 is 1.35. The predicted molar refractivity (Wildman–Crippen MR) is 162 cm³/mol. The topological polar surface area (TPSA) is 129 Å². The summed E-state index contributed by atoms with van der Waals surface area (Å²) in [4.78, 5) is 51.7. The molecule has 1 aliphatic heterocycles. The van der Waals surface area contributed by atoms with Gasteiger partial charge in [-0.25, -0.2) is 14.4 Å². The van der Waals surface area contributed by atoms with Gasteiger partial charge in [-0.1, -0.05) is 33.8 Å². The summed E-state index contributed by atoms with van der Waals surface area (Å²) in [5.41, 5.74) is 0.867. The second kappa shape index (κ2) is 13.5. The van der Waals surface area contributed by atoms with Crippen molar-refractivity contribution in [3.8, 4) is 5.75 Å². The zero-order chi connectivity index (χ0) is 31.3. The summed E-state index contributed by atoms with van der Waals surface area (Å²) < 4.78 is 22.6. The molecule has 0 aliphatic carbocycles. The van der Waals surface area contributed by atoms with Gasteiger partial charge in [-0.3, -0.25) is 4.79 Å². The number of alkyl carbamates (subject to hydrolysis) is 1. The molecular formula is C29H46N2O8SSi. The summed E-state index contributed by atoms with van der Waals surface area (Å²) in [6.45, 7) is 19.5. The van der Waals surface area contributed by atoms with E-state index in [-0.39, 0.29) is 10.8 Å². The molecule has 0 bridgehead atoms. The number of carbonyl (C=O) groups excluding carboxylic acids is 4. The summed E-state index contributed by atoms with van der Waals surface area (Å²) in [7, 11) is -1.12. The van der Waals surface area contributed by atoms with Crippen molar-refractivity contribution < 1.29 is 37.8 Å². The van der Waals surface area contributed by atoms with E-state index in [4.69, 9.17) is 18.6 Å². The smallest absolute Gasteiger partial charge is 0.408 e. The highest BCUT2D eigenvalue weighted by Gasteiger charge is 2.45. The van der Waals surface area contributed by atoms with Crippen molar-refractivity contribution in [3.05, 3.63) is 28.8 Å². The van der Waals surface area contributed by atoms with Crippen LogP contribution >= 0.6 is 11.8 Å². The second-order valence-corrected chi connectivity index (χ2v) is 18.2. The Hall–Kier alpha value is -2.73. The van der Waals surface area contributed by atoms with Crippen LogP contribution in [0.25, 0.3) is 0 Å². The van der Waals surface area contributed by atoms with Crippen LogP contribution in [0.1, 0.15) is 70.0 Å². The molecule has 1 aromatic rings. The molecule has 0 aromatic heterocycles. The first-order valence-electron chi connectivity index (χ1n) is 13.7. The largest absolute Gasteiger partial charge is 0.543 e. The quantitative estimate of drug-likeness (QED) is 0.261. The Morgan fingerprint density at radius 3 is 2.34 bits per heavy atom. The predicted octanol–water partition coefficient (Wildman–Crippen LogP) is 4.97. The monoisotopic (exact) mass is 610 g/mol. The first kappa shape index (κ1) is 34.5. The summed E-state index contributed by atoms with van der Waals surface area (Å²) in [5, 5.41) is 5.00. The van der Waals surface area contributed by atoms with Crippen molar-refractivity contribution in [2.45, 2.75) is 97.0 Å².